The number of furan rings is 1. The highest BCUT2D eigenvalue weighted by Gasteiger charge is 2.17. The Bertz CT molecular complexity index is 343. The fourth-order valence-corrected chi connectivity index (χ4v) is 2.41. The van der Waals surface area contributed by atoms with Gasteiger partial charge in [-0.25, -0.2) is 0 Å². The molecule has 0 spiro atoms. The van der Waals surface area contributed by atoms with E-state index in [9.17, 15) is 0 Å². The minimum atomic E-state index is 0.841. The summed E-state index contributed by atoms with van der Waals surface area (Å²) < 4.78 is 5.55. The average molecular weight is 251 g/mol. The monoisotopic (exact) mass is 251 g/mol. The summed E-state index contributed by atoms with van der Waals surface area (Å²) in [5.41, 5.74) is 1.33. The van der Waals surface area contributed by atoms with Gasteiger partial charge in [0.2, 0.25) is 0 Å². The van der Waals surface area contributed by atoms with Crippen molar-refractivity contribution in [1.82, 2.24) is 15.1 Å². The normalized spacial score (nSPS) is 18.3. The molecule has 4 nitrogen and oxygen atoms in total. The highest BCUT2D eigenvalue weighted by atomic mass is 16.3. The highest BCUT2D eigenvalue weighted by Crippen LogP contribution is 2.14. The molecule has 0 bridgehead atoms. The fraction of sp³-hybridized carbons (Fsp3) is 0.714. The second kappa shape index (κ2) is 6.92. The first kappa shape index (κ1) is 13.6. The quantitative estimate of drug-likeness (QED) is 0.831. The van der Waals surface area contributed by atoms with Crippen LogP contribution in [0.1, 0.15) is 25.2 Å². The highest BCUT2D eigenvalue weighted by molar-refractivity contribution is 5.17. The van der Waals surface area contributed by atoms with Gasteiger partial charge in [0.25, 0.3) is 0 Å². The minimum Gasteiger partial charge on any atom is -0.468 e. The van der Waals surface area contributed by atoms with Crippen LogP contribution < -0.4 is 5.32 Å². The van der Waals surface area contributed by atoms with E-state index in [1.165, 1.54) is 38.3 Å². The second-order valence-corrected chi connectivity index (χ2v) is 4.86. The Morgan fingerprint density at radius 3 is 2.56 bits per heavy atom. The third-order valence-corrected chi connectivity index (χ3v) is 3.68. The van der Waals surface area contributed by atoms with Crippen LogP contribution in [0.5, 0.6) is 0 Å². The van der Waals surface area contributed by atoms with Crippen molar-refractivity contribution in [3.63, 3.8) is 0 Å². The van der Waals surface area contributed by atoms with Crippen molar-refractivity contribution in [2.75, 3.05) is 39.3 Å². The van der Waals surface area contributed by atoms with Gasteiger partial charge in [0.1, 0.15) is 5.76 Å². The van der Waals surface area contributed by atoms with E-state index >= 15 is 0 Å². The molecule has 0 aromatic carbocycles. The predicted octanol–water partition coefficient (Wildman–Crippen LogP) is 1.53. The first-order chi connectivity index (χ1) is 8.83. The maximum absolute atomic E-state index is 5.55. The Morgan fingerprint density at radius 2 is 1.89 bits per heavy atom. The Balaban J connectivity index is 1.84. The molecule has 102 valence electrons. The van der Waals surface area contributed by atoms with Crippen molar-refractivity contribution < 1.29 is 4.42 Å². The zero-order chi connectivity index (χ0) is 12.8. The van der Waals surface area contributed by atoms with Crippen molar-refractivity contribution >= 4 is 0 Å². The average Bonchev–Trinajstić information content (AvgIpc) is 2.84. The second-order valence-electron chi connectivity index (χ2n) is 4.86. The van der Waals surface area contributed by atoms with Gasteiger partial charge in [-0.05, 0) is 19.2 Å². The summed E-state index contributed by atoms with van der Waals surface area (Å²) in [4.78, 5) is 5.03. The lowest BCUT2D eigenvalue weighted by Crippen LogP contribution is -2.45. The molecule has 0 unspecified atom stereocenters. The van der Waals surface area contributed by atoms with Crippen LogP contribution in [0.4, 0.5) is 0 Å². The van der Waals surface area contributed by atoms with Crippen molar-refractivity contribution in [3.8, 4) is 0 Å². The van der Waals surface area contributed by atoms with Crippen LogP contribution in [0.3, 0.4) is 0 Å². The smallest absolute Gasteiger partial charge is 0.122 e. The van der Waals surface area contributed by atoms with Gasteiger partial charge >= 0.3 is 0 Å². The molecule has 18 heavy (non-hydrogen) atoms. The van der Waals surface area contributed by atoms with E-state index in [0.717, 1.165) is 25.4 Å². The Morgan fingerprint density at radius 1 is 1.17 bits per heavy atom. The summed E-state index contributed by atoms with van der Waals surface area (Å²) >= 11 is 0. The largest absolute Gasteiger partial charge is 0.468 e. The van der Waals surface area contributed by atoms with Gasteiger partial charge in [-0.1, -0.05) is 13.8 Å². The fourth-order valence-electron chi connectivity index (χ4n) is 2.41. The third-order valence-electron chi connectivity index (χ3n) is 3.68. The Hall–Kier alpha value is -0.840. The first-order valence-corrected chi connectivity index (χ1v) is 7.04. The maximum atomic E-state index is 5.55. The molecular weight excluding hydrogens is 226 g/mol. The van der Waals surface area contributed by atoms with Crippen molar-refractivity contribution in [2.24, 2.45) is 0 Å². The van der Waals surface area contributed by atoms with Gasteiger partial charge in [-0.15, -0.1) is 0 Å². The van der Waals surface area contributed by atoms with Crippen LogP contribution in [0, 0.1) is 0 Å². The SMILES string of the molecule is CCNCc1occc1CN1CCN(CC)CC1. The molecule has 1 N–H and O–H groups in total. The van der Waals surface area contributed by atoms with E-state index in [1.54, 1.807) is 0 Å². The van der Waals surface area contributed by atoms with Crippen LogP contribution >= 0.6 is 0 Å². The Kier molecular flexibility index (Phi) is 5.23. The lowest BCUT2D eigenvalue weighted by molar-refractivity contribution is 0.131. The molecule has 2 rings (SSSR count). The van der Waals surface area contributed by atoms with Gasteiger partial charge in [0, 0.05) is 38.3 Å². The summed E-state index contributed by atoms with van der Waals surface area (Å²) in [5, 5.41) is 3.32. The molecule has 0 saturated carbocycles. The lowest BCUT2D eigenvalue weighted by Gasteiger charge is -2.33. The lowest BCUT2D eigenvalue weighted by atomic mass is 10.2. The number of hydrogen-bond donors (Lipinski definition) is 1. The van der Waals surface area contributed by atoms with Gasteiger partial charge in [-0.3, -0.25) is 4.90 Å². The molecule has 1 aliphatic heterocycles. The summed E-state index contributed by atoms with van der Waals surface area (Å²) in [6.07, 6.45) is 1.81. The molecule has 0 amide bonds. The number of nitrogens with one attached hydrogen (secondary N) is 1. The van der Waals surface area contributed by atoms with Crippen LogP contribution in [0.25, 0.3) is 0 Å². The van der Waals surface area contributed by atoms with Crippen LogP contribution in [0.2, 0.25) is 0 Å². The standard InChI is InChI=1S/C14H25N3O/c1-3-15-11-14-13(5-10-18-14)12-17-8-6-16(4-2)7-9-17/h5,10,15H,3-4,6-9,11-12H2,1-2H3. The number of nitrogens with zero attached hydrogens (tertiary/aromatic N) is 2. The summed E-state index contributed by atoms with van der Waals surface area (Å²) in [6.45, 7) is 13.1. The van der Waals surface area contributed by atoms with Crippen molar-refractivity contribution in [2.45, 2.75) is 26.9 Å². The van der Waals surface area contributed by atoms with Crippen molar-refractivity contribution in [3.05, 3.63) is 23.7 Å². The summed E-state index contributed by atoms with van der Waals surface area (Å²) in [6, 6.07) is 2.11. The molecule has 0 aliphatic carbocycles. The zero-order valence-corrected chi connectivity index (χ0v) is 11.6. The number of hydrogen-bond acceptors (Lipinski definition) is 4. The van der Waals surface area contributed by atoms with E-state index in [1.807, 2.05) is 6.26 Å². The van der Waals surface area contributed by atoms with Crippen molar-refractivity contribution in [1.29, 1.82) is 0 Å². The molecule has 2 heterocycles. The molecule has 4 heteroatoms. The minimum absolute atomic E-state index is 0.841. The Labute approximate surface area is 110 Å². The molecular formula is C14H25N3O. The van der Waals surface area contributed by atoms with E-state index in [2.05, 4.69) is 35.0 Å². The summed E-state index contributed by atoms with van der Waals surface area (Å²) in [7, 11) is 0. The molecule has 1 aromatic heterocycles. The number of piperazine rings is 1. The van der Waals surface area contributed by atoms with Crippen LogP contribution in [-0.4, -0.2) is 49.1 Å². The van der Waals surface area contributed by atoms with E-state index in [-0.39, 0.29) is 0 Å². The first-order valence-electron chi connectivity index (χ1n) is 7.04. The van der Waals surface area contributed by atoms with Gasteiger partial charge < -0.3 is 14.6 Å². The number of rotatable bonds is 6. The van der Waals surface area contributed by atoms with E-state index < -0.39 is 0 Å². The van der Waals surface area contributed by atoms with Gasteiger partial charge in [0.15, 0.2) is 0 Å². The van der Waals surface area contributed by atoms with Crippen LogP contribution in [-0.2, 0) is 13.1 Å². The molecule has 1 aromatic rings. The zero-order valence-electron chi connectivity index (χ0n) is 11.6. The maximum Gasteiger partial charge on any atom is 0.122 e. The predicted molar refractivity (Wildman–Crippen MR) is 73.5 cm³/mol. The molecule has 1 saturated heterocycles. The van der Waals surface area contributed by atoms with Gasteiger partial charge in [0.05, 0.1) is 12.8 Å². The van der Waals surface area contributed by atoms with E-state index in [4.69, 9.17) is 4.42 Å². The number of likely N-dealkylation sites (N-methyl/N-ethyl adjacent to an activating group) is 1. The van der Waals surface area contributed by atoms with Gasteiger partial charge in [-0.2, -0.15) is 0 Å². The van der Waals surface area contributed by atoms with Crippen LogP contribution in [0.15, 0.2) is 16.7 Å². The molecule has 0 atom stereocenters. The van der Waals surface area contributed by atoms with E-state index in [0.29, 0.717) is 0 Å². The molecule has 1 fully saturated rings. The molecule has 0 radical (unpaired) electrons. The summed E-state index contributed by atoms with van der Waals surface area (Å²) in [5.74, 6) is 1.09. The third kappa shape index (κ3) is 3.57. The topological polar surface area (TPSA) is 31.7 Å². The molecule has 1 aliphatic rings.